The van der Waals surface area contributed by atoms with Gasteiger partial charge in [0.05, 0.1) is 16.3 Å². The molecule has 33 heavy (non-hydrogen) atoms. The van der Waals surface area contributed by atoms with E-state index >= 15 is 0 Å². The van der Waals surface area contributed by atoms with Gasteiger partial charge in [0.1, 0.15) is 11.6 Å². The number of carbonyl (C=O) groups is 1. The van der Waals surface area contributed by atoms with Crippen LogP contribution in [0, 0.1) is 11.3 Å². The van der Waals surface area contributed by atoms with Crippen molar-refractivity contribution in [3.63, 3.8) is 0 Å². The molecule has 0 atom stereocenters. The number of nitriles is 1. The molecule has 2 aromatic rings. The van der Waals surface area contributed by atoms with Crippen LogP contribution in [-0.4, -0.2) is 44.8 Å². The highest BCUT2D eigenvalue weighted by molar-refractivity contribution is 7.89. The molecule has 0 spiro atoms. The van der Waals surface area contributed by atoms with Crippen molar-refractivity contribution < 1.29 is 13.2 Å². The molecule has 3 rings (SSSR count). The first kappa shape index (κ1) is 24.5. The molecule has 0 bridgehead atoms. The van der Waals surface area contributed by atoms with Crippen LogP contribution in [0.25, 0.3) is 6.08 Å². The molecule has 1 aliphatic rings. The molecule has 1 heterocycles. The molecule has 1 aliphatic heterocycles. The lowest BCUT2D eigenvalue weighted by Crippen LogP contribution is -2.32. The van der Waals surface area contributed by atoms with E-state index < -0.39 is 15.9 Å². The van der Waals surface area contributed by atoms with Gasteiger partial charge < -0.3 is 10.2 Å². The van der Waals surface area contributed by atoms with Gasteiger partial charge in [-0.15, -0.1) is 0 Å². The fourth-order valence-corrected chi connectivity index (χ4v) is 5.44. The molecule has 8 heteroatoms. The normalized spacial score (nSPS) is 14.7. The minimum Gasteiger partial charge on any atom is -0.370 e. The van der Waals surface area contributed by atoms with E-state index in [1.54, 1.807) is 38.1 Å². The molecule has 1 fully saturated rings. The zero-order chi connectivity index (χ0) is 23.8. The minimum atomic E-state index is -3.70. The Balaban J connectivity index is 2.00. The van der Waals surface area contributed by atoms with E-state index in [-0.39, 0.29) is 10.5 Å². The van der Waals surface area contributed by atoms with Crippen LogP contribution >= 0.6 is 0 Å². The van der Waals surface area contributed by atoms with E-state index in [9.17, 15) is 18.5 Å². The Morgan fingerprint density at radius 3 is 2.36 bits per heavy atom. The van der Waals surface area contributed by atoms with Gasteiger partial charge in [-0.25, -0.2) is 8.42 Å². The number of anilines is 2. The van der Waals surface area contributed by atoms with Crippen LogP contribution in [-0.2, 0) is 14.8 Å². The maximum absolute atomic E-state index is 13.1. The van der Waals surface area contributed by atoms with Crippen LogP contribution in [0.3, 0.4) is 0 Å². The number of benzene rings is 2. The summed E-state index contributed by atoms with van der Waals surface area (Å²) in [5.41, 5.74) is 1.84. The Kier molecular flexibility index (Phi) is 8.26. The lowest BCUT2D eigenvalue weighted by atomic mass is 10.1. The van der Waals surface area contributed by atoms with Crippen molar-refractivity contribution in [3.8, 4) is 6.07 Å². The summed E-state index contributed by atoms with van der Waals surface area (Å²) in [4.78, 5) is 15.3. The van der Waals surface area contributed by atoms with Gasteiger partial charge in [0, 0.05) is 26.2 Å². The predicted molar refractivity (Wildman–Crippen MR) is 131 cm³/mol. The second-order valence-electron chi connectivity index (χ2n) is 7.85. The van der Waals surface area contributed by atoms with Crippen LogP contribution in [0.1, 0.15) is 38.7 Å². The van der Waals surface area contributed by atoms with Crippen molar-refractivity contribution in [2.45, 2.75) is 38.0 Å². The lowest BCUT2D eigenvalue weighted by Gasteiger charge is -2.31. The highest BCUT2D eigenvalue weighted by Crippen LogP contribution is 2.32. The summed E-state index contributed by atoms with van der Waals surface area (Å²) in [7, 11) is -3.70. The number of rotatable bonds is 8. The molecular formula is C25H30N4O3S. The monoisotopic (exact) mass is 466 g/mol. The summed E-state index contributed by atoms with van der Waals surface area (Å²) >= 11 is 0. The molecule has 7 nitrogen and oxygen atoms in total. The van der Waals surface area contributed by atoms with E-state index in [2.05, 4.69) is 10.2 Å². The topological polar surface area (TPSA) is 93.5 Å². The number of hydrogen-bond acceptors (Lipinski definition) is 5. The standard InChI is InChI=1S/C25H30N4O3S/c1-3-29(4-2)33(31,32)22-13-14-24(28-15-9-6-10-16-28)23(18-22)27-25(30)21(19-26)17-20-11-7-5-8-12-20/h5,7-8,11-14,17-18H,3-4,6,9-10,15-16H2,1-2H3,(H,27,30)/b21-17-. The molecule has 0 radical (unpaired) electrons. The fraction of sp³-hybridized carbons (Fsp3) is 0.360. The summed E-state index contributed by atoms with van der Waals surface area (Å²) in [6.45, 7) is 5.95. The van der Waals surface area contributed by atoms with Crippen molar-refractivity contribution in [1.82, 2.24) is 4.31 Å². The largest absolute Gasteiger partial charge is 0.370 e. The van der Waals surface area contributed by atoms with Crippen LogP contribution in [0.2, 0.25) is 0 Å². The van der Waals surface area contributed by atoms with Gasteiger partial charge in [0.15, 0.2) is 0 Å². The Hall–Kier alpha value is -3.15. The van der Waals surface area contributed by atoms with Gasteiger partial charge in [-0.3, -0.25) is 4.79 Å². The average Bonchev–Trinajstić information content (AvgIpc) is 2.84. The summed E-state index contributed by atoms with van der Waals surface area (Å²) in [6.07, 6.45) is 4.73. The highest BCUT2D eigenvalue weighted by Gasteiger charge is 2.25. The zero-order valence-corrected chi connectivity index (χ0v) is 19.9. The first-order valence-corrected chi connectivity index (χ1v) is 12.7. The molecule has 174 valence electrons. The summed E-state index contributed by atoms with van der Waals surface area (Å²) in [5, 5.41) is 12.4. The number of sulfonamides is 1. The van der Waals surface area contributed by atoms with E-state index in [4.69, 9.17) is 0 Å². The van der Waals surface area contributed by atoms with Gasteiger partial charge in [-0.1, -0.05) is 44.2 Å². The van der Waals surface area contributed by atoms with Crippen LogP contribution < -0.4 is 10.2 Å². The zero-order valence-electron chi connectivity index (χ0n) is 19.1. The van der Waals surface area contributed by atoms with Crippen molar-refractivity contribution in [3.05, 3.63) is 59.7 Å². The first-order chi connectivity index (χ1) is 15.9. The number of nitrogens with zero attached hydrogens (tertiary/aromatic N) is 3. The number of piperidine rings is 1. The molecule has 0 aliphatic carbocycles. The SMILES string of the molecule is CCN(CC)S(=O)(=O)c1ccc(N2CCCCC2)c(NC(=O)/C(C#N)=C\c2ccccc2)c1. The molecule has 0 saturated carbocycles. The van der Waals surface area contributed by atoms with E-state index in [0.29, 0.717) is 18.8 Å². The maximum atomic E-state index is 13.1. The van der Waals surface area contributed by atoms with Gasteiger partial charge in [0.25, 0.3) is 5.91 Å². The quantitative estimate of drug-likeness (QED) is 0.464. The smallest absolute Gasteiger partial charge is 0.266 e. The van der Waals surface area contributed by atoms with Gasteiger partial charge >= 0.3 is 0 Å². The van der Waals surface area contributed by atoms with E-state index in [1.807, 2.05) is 24.3 Å². The van der Waals surface area contributed by atoms with Crippen LogP contribution in [0.5, 0.6) is 0 Å². The molecule has 0 unspecified atom stereocenters. The Labute approximate surface area is 196 Å². The Morgan fingerprint density at radius 2 is 1.76 bits per heavy atom. The third-order valence-corrected chi connectivity index (χ3v) is 7.78. The number of hydrogen-bond donors (Lipinski definition) is 1. The molecule has 0 aromatic heterocycles. The number of nitrogens with one attached hydrogen (secondary N) is 1. The van der Waals surface area contributed by atoms with Crippen molar-refractivity contribution >= 4 is 33.4 Å². The molecule has 1 amide bonds. The Morgan fingerprint density at radius 1 is 1.09 bits per heavy atom. The third-order valence-electron chi connectivity index (χ3n) is 5.73. The summed E-state index contributed by atoms with van der Waals surface area (Å²) in [5.74, 6) is -0.572. The second-order valence-corrected chi connectivity index (χ2v) is 9.79. The van der Waals surface area contributed by atoms with Crippen molar-refractivity contribution in [2.75, 3.05) is 36.4 Å². The molecule has 1 saturated heterocycles. The van der Waals surface area contributed by atoms with Crippen LogP contribution in [0.15, 0.2) is 59.0 Å². The third kappa shape index (κ3) is 5.81. The molecule has 2 aromatic carbocycles. The minimum absolute atomic E-state index is 0.0530. The molecule has 1 N–H and O–H groups in total. The van der Waals surface area contributed by atoms with Gasteiger partial charge in [-0.05, 0) is 49.1 Å². The Bertz CT molecular complexity index is 1140. The first-order valence-electron chi connectivity index (χ1n) is 11.3. The predicted octanol–water partition coefficient (Wildman–Crippen LogP) is 4.25. The molecular weight excluding hydrogens is 436 g/mol. The summed E-state index contributed by atoms with van der Waals surface area (Å²) in [6, 6.07) is 15.9. The average molecular weight is 467 g/mol. The van der Waals surface area contributed by atoms with Gasteiger partial charge in [-0.2, -0.15) is 9.57 Å². The van der Waals surface area contributed by atoms with E-state index in [0.717, 1.165) is 43.6 Å². The summed E-state index contributed by atoms with van der Waals surface area (Å²) < 4.78 is 27.6. The maximum Gasteiger partial charge on any atom is 0.266 e. The van der Waals surface area contributed by atoms with Gasteiger partial charge in [0.2, 0.25) is 10.0 Å². The second kappa shape index (κ2) is 11.1. The highest BCUT2D eigenvalue weighted by atomic mass is 32.2. The lowest BCUT2D eigenvalue weighted by molar-refractivity contribution is -0.112. The van der Waals surface area contributed by atoms with Crippen molar-refractivity contribution in [2.24, 2.45) is 0 Å². The van der Waals surface area contributed by atoms with Crippen molar-refractivity contribution in [1.29, 1.82) is 5.26 Å². The van der Waals surface area contributed by atoms with E-state index in [1.165, 1.54) is 16.4 Å². The fourth-order valence-electron chi connectivity index (χ4n) is 3.95. The number of amides is 1. The van der Waals surface area contributed by atoms with Crippen LogP contribution in [0.4, 0.5) is 11.4 Å². The number of carbonyl (C=O) groups excluding carboxylic acids is 1.